The molecule has 0 aliphatic rings. The van der Waals surface area contributed by atoms with Crippen molar-refractivity contribution in [1.29, 1.82) is 0 Å². The first kappa shape index (κ1) is 7.47. The van der Waals surface area contributed by atoms with Crippen LogP contribution in [0.1, 0.15) is 0 Å². The van der Waals surface area contributed by atoms with Crippen molar-refractivity contribution in [2.75, 3.05) is 19.0 Å². The predicted molar refractivity (Wildman–Crippen MR) is 44.1 cm³/mol. The molecule has 0 radical (unpaired) electrons. The molecule has 1 aromatic rings. The van der Waals surface area contributed by atoms with Crippen LogP contribution in [0, 0.1) is 0 Å². The summed E-state index contributed by atoms with van der Waals surface area (Å²) in [6, 6.07) is 0. The second-order valence-electron chi connectivity index (χ2n) is 2.07. The normalized spacial score (nSPS) is 9.50. The van der Waals surface area contributed by atoms with Gasteiger partial charge in [-0.1, -0.05) is 0 Å². The number of rotatable bonds is 1. The van der Waals surface area contributed by atoms with Crippen molar-refractivity contribution in [3.63, 3.8) is 0 Å². The van der Waals surface area contributed by atoms with E-state index in [1.54, 1.807) is 12.4 Å². The number of aromatic nitrogens is 2. The Hall–Kier alpha value is -0.640. The average molecular weight is 202 g/mol. The van der Waals surface area contributed by atoms with Crippen LogP contribution in [-0.2, 0) is 0 Å². The van der Waals surface area contributed by atoms with Gasteiger partial charge in [-0.3, -0.25) is 0 Å². The maximum absolute atomic E-state index is 4.09. The highest BCUT2D eigenvalue weighted by Gasteiger charge is 2.00. The average Bonchev–Trinajstić information content (AvgIpc) is 1.88. The highest BCUT2D eigenvalue weighted by Crippen LogP contribution is 2.16. The van der Waals surface area contributed by atoms with Gasteiger partial charge in [-0.15, -0.1) is 0 Å². The first-order chi connectivity index (χ1) is 4.72. The summed E-state index contributed by atoms with van der Waals surface area (Å²) in [6.07, 6.45) is 3.32. The van der Waals surface area contributed by atoms with E-state index < -0.39 is 0 Å². The highest BCUT2D eigenvalue weighted by atomic mass is 79.9. The summed E-state index contributed by atoms with van der Waals surface area (Å²) in [5.74, 6) is 0.850. The molecule has 1 aromatic heterocycles. The summed E-state index contributed by atoms with van der Waals surface area (Å²) >= 11 is 3.28. The van der Waals surface area contributed by atoms with E-state index in [2.05, 4.69) is 25.9 Å². The minimum Gasteiger partial charge on any atom is -0.360 e. The first-order valence-electron chi connectivity index (χ1n) is 2.85. The second-order valence-corrected chi connectivity index (χ2v) is 2.82. The predicted octanol–water partition coefficient (Wildman–Crippen LogP) is 1.31. The molecule has 1 heterocycles. The van der Waals surface area contributed by atoms with Crippen molar-refractivity contribution in [2.45, 2.75) is 0 Å². The Morgan fingerprint density at radius 3 is 2.30 bits per heavy atom. The molecule has 0 spiro atoms. The van der Waals surface area contributed by atoms with Gasteiger partial charge in [-0.25, -0.2) is 9.97 Å². The fourth-order valence-electron chi connectivity index (χ4n) is 0.614. The van der Waals surface area contributed by atoms with E-state index in [-0.39, 0.29) is 0 Å². The van der Waals surface area contributed by atoms with Gasteiger partial charge in [0.25, 0.3) is 0 Å². The minimum absolute atomic E-state index is 0.778. The minimum atomic E-state index is 0.778. The number of hydrogen-bond acceptors (Lipinski definition) is 3. The molecule has 0 bridgehead atoms. The number of hydrogen-bond donors (Lipinski definition) is 0. The van der Waals surface area contributed by atoms with E-state index in [0.717, 1.165) is 10.4 Å². The largest absolute Gasteiger partial charge is 0.360 e. The van der Waals surface area contributed by atoms with Gasteiger partial charge in [0, 0.05) is 26.5 Å². The van der Waals surface area contributed by atoms with Crippen molar-refractivity contribution in [3.05, 3.63) is 17.0 Å². The van der Waals surface area contributed by atoms with E-state index in [1.807, 2.05) is 19.0 Å². The molecule has 0 fully saturated rings. The maximum atomic E-state index is 4.09. The molecule has 0 aliphatic carbocycles. The summed E-state index contributed by atoms with van der Waals surface area (Å²) < 4.78 is 0.778. The Morgan fingerprint density at radius 1 is 1.30 bits per heavy atom. The van der Waals surface area contributed by atoms with Crippen LogP contribution < -0.4 is 4.90 Å². The SMILES string of the molecule is CN(C)c1nccnc1Br. The van der Waals surface area contributed by atoms with Gasteiger partial charge in [-0.2, -0.15) is 0 Å². The van der Waals surface area contributed by atoms with E-state index >= 15 is 0 Å². The Morgan fingerprint density at radius 2 is 1.90 bits per heavy atom. The topological polar surface area (TPSA) is 29.0 Å². The molecule has 10 heavy (non-hydrogen) atoms. The van der Waals surface area contributed by atoms with Gasteiger partial charge in [-0.05, 0) is 15.9 Å². The fourth-order valence-corrected chi connectivity index (χ4v) is 1.19. The lowest BCUT2D eigenvalue weighted by Gasteiger charge is -2.10. The third-order valence-corrected chi connectivity index (χ3v) is 1.62. The lowest BCUT2D eigenvalue weighted by Crippen LogP contribution is -2.11. The number of halogens is 1. The first-order valence-corrected chi connectivity index (χ1v) is 3.65. The third kappa shape index (κ3) is 1.44. The molecule has 1 rings (SSSR count). The van der Waals surface area contributed by atoms with Crippen LogP contribution in [0.25, 0.3) is 0 Å². The third-order valence-electron chi connectivity index (χ3n) is 1.06. The standard InChI is InChI=1S/C6H8BrN3/c1-10(2)6-5(7)8-3-4-9-6/h3-4H,1-2H3. The smallest absolute Gasteiger partial charge is 0.161 e. The highest BCUT2D eigenvalue weighted by molar-refractivity contribution is 9.10. The van der Waals surface area contributed by atoms with Crippen LogP contribution in [0.2, 0.25) is 0 Å². The lowest BCUT2D eigenvalue weighted by atomic mass is 10.6. The Labute approximate surface area is 68.2 Å². The van der Waals surface area contributed by atoms with Gasteiger partial charge >= 0.3 is 0 Å². The van der Waals surface area contributed by atoms with Crippen molar-refractivity contribution < 1.29 is 0 Å². The molecule has 0 saturated heterocycles. The van der Waals surface area contributed by atoms with E-state index in [1.165, 1.54) is 0 Å². The molecule has 3 nitrogen and oxygen atoms in total. The molecule has 4 heteroatoms. The van der Waals surface area contributed by atoms with Crippen LogP contribution in [0.5, 0.6) is 0 Å². The Kier molecular flexibility index (Phi) is 2.21. The molecule has 0 aromatic carbocycles. The summed E-state index contributed by atoms with van der Waals surface area (Å²) in [5, 5.41) is 0. The van der Waals surface area contributed by atoms with Crippen LogP contribution in [0.4, 0.5) is 5.82 Å². The zero-order valence-corrected chi connectivity index (χ0v) is 7.46. The van der Waals surface area contributed by atoms with Gasteiger partial charge in [0.15, 0.2) is 5.82 Å². The number of anilines is 1. The van der Waals surface area contributed by atoms with E-state index in [9.17, 15) is 0 Å². The van der Waals surface area contributed by atoms with E-state index in [0.29, 0.717) is 0 Å². The molecule has 0 N–H and O–H groups in total. The fraction of sp³-hybridized carbons (Fsp3) is 0.333. The van der Waals surface area contributed by atoms with Gasteiger partial charge in [0.1, 0.15) is 4.60 Å². The molecule has 0 saturated carbocycles. The lowest BCUT2D eigenvalue weighted by molar-refractivity contribution is 1.02. The van der Waals surface area contributed by atoms with Crippen LogP contribution in [-0.4, -0.2) is 24.1 Å². The molecule has 0 amide bonds. The molecular formula is C6H8BrN3. The van der Waals surface area contributed by atoms with Crippen LogP contribution in [0.15, 0.2) is 17.0 Å². The summed E-state index contributed by atoms with van der Waals surface area (Å²) in [4.78, 5) is 10.0. The molecular weight excluding hydrogens is 194 g/mol. The van der Waals surface area contributed by atoms with Crippen molar-refractivity contribution >= 4 is 21.7 Å². The van der Waals surface area contributed by atoms with Gasteiger partial charge in [0.05, 0.1) is 0 Å². The maximum Gasteiger partial charge on any atom is 0.161 e. The zero-order chi connectivity index (χ0) is 7.56. The quantitative estimate of drug-likeness (QED) is 0.687. The molecule has 54 valence electrons. The van der Waals surface area contributed by atoms with Crippen molar-refractivity contribution in [3.8, 4) is 0 Å². The van der Waals surface area contributed by atoms with Crippen molar-refractivity contribution in [1.82, 2.24) is 9.97 Å². The van der Waals surface area contributed by atoms with Crippen LogP contribution >= 0.6 is 15.9 Å². The Balaban J connectivity index is 3.03. The van der Waals surface area contributed by atoms with Crippen molar-refractivity contribution in [2.24, 2.45) is 0 Å². The molecule has 0 aliphatic heterocycles. The second kappa shape index (κ2) is 2.96. The van der Waals surface area contributed by atoms with Gasteiger partial charge in [0.2, 0.25) is 0 Å². The summed E-state index contributed by atoms with van der Waals surface area (Å²) in [7, 11) is 3.85. The molecule has 0 atom stereocenters. The monoisotopic (exact) mass is 201 g/mol. The van der Waals surface area contributed by atoms with Gasteiger partial charge < -0.3 is 4.90 Å². The van der Waals surface area contributed by atoms with E-state index in [4.69, 9.17) is 0 Å². The Bertz CT molecular complexity index is 224. The van der Waals surface area contributed by atoms with Crippen LogP contribution in [0.3, 0.4) is 0 Å². The summed E-state index contributed by atoms with van der Waals surface area (Å²) in [5.41, 5.74) is 0. The number of nitrogens with zero attached hydrogens (tertiary/aromatic N) is 3. The zero-order valence-electron chi connectivity index (χ0n) is 5.87. The molecule has 0 unspecified atom stereocenters. The summed E-state index contributed by atoms with van der Waals surface area (Å²) in [6.45, 7) is 0.